The predicted molar refractivity (Wildman–Crippen MR) is 243 cm³/mol. The van der Waals surface area contributed by atoms with E-state index in [1.54, 1.807) is 0 Å². The van der Waals surface area contributed by atoms with Crippen LogP contribution in [0.3, 0.4) is 0 Å². The third kappa shape index (κ3) is 5.72. The summed E-state index contributed by atoms with van der Waals surface area (Å²) < 4.78 is 2.45. The number of nitrogens with zero attached hydrogens (tertiary/aromatic N) is 2. The largest absolute Gasteiger partial charge is 0.310 e. The van der Waals surface area contributed by atoms with Gasteiger partial charge < -0.3 is 9.47 Å². The molecule has 2 heteroatoms. The lowest BCUT2D eigenvalue weighted by molar-refractivity contribution is 0.717. The van der Waals surface area contributed by atoms with Crippen LogP contribution in [0.2, 0.25) is 0 Å². The third-order valence-electron chi connectivity index (χ3n) is 11.8. The molecular formula is C55H40N2. The van der Waals surface area contributed by atoms with Crippen LogP contribution < -0.4 is 4.90 Å². The van der Waals surface area contributed by atoms with Crippen molar-refractivity contribution in [3.63, 3.8) is 0 Å². The van der Waals surface area contributed by atoms with Gasteiger partial charge in [0.15, 0.2) is 0 Å². The van der Waals surface area contributed by atoms with Crippen molar-refractivity contribution in [3.8, 4) is 27.9 Å². The molecule has 0 saturated carbocycles. The summed E-state index contributed by atoms with van der Waals surface area (Å²) in [5.41, 5.74) is 14.6. The van der Waals surface area contributed by atoms with E-state index in [-0.39, 0.29) is 0 Å². The minimum absolute atomic E-state index is 0.513. The normalized spacial score (nSPS) is 13.7. The highest BCUT2D eigenvalue weighted by molar-refractivity contribution is 6.24. The number of hydrogen-bond acceptors (Lipinski definition) is 1. The zero-order valence-electron chi connectivity index (χ0n) is 31.8. The highest BCUT2D eigenvalue weighted by Gasteiger charge is 2.21. The molecule has 9 aromatic carbocycles. The summed E-state index contributed by atoms with van der Waals surface area (Å²) in [5, 5.41) is 7.51. The molecule has 270 valence electrons. The van der Waals surface area contributed by atoms with Gasteiger partial charge in [0.2, 0.25) is 0 Å². The first kappa shape index (κ1) is 33.2. The van der Waals surface area contributed by atoms with Crippen molar-refractivity contribution < 1.29 is 0 Å². The molecule has 0 bridgehead atoms. The first-order chi connectivity index (χ1) is 28.2. The van der Waals surface area contributed by atoms with Crippen molar-refractivity contribution in [1.29, 1.82) is 0 Å². The number of rotatable bonds is 6. The van der Waals surface area contributed by atoms with Gasteiger partial charge in [-0.05, 0) is 129 Å². The van der Waals surface area contributed by atoms with E-state index >= 15 is 0 Å². The lowest BCUT2D eigenvalue weighted by Crippen LogP contribution is -2.12. The number of aromatic nitrogens is 1. The molecule has 0 spiro atoms. The number of fused-ring (bicyclic) bond motifs is 7. The fourth-order valence-electron chi connectivity index (χ4n) is 9.09. The van der Waals surface area contributed by atoms with E-state index in [1.165, 1.54) is 76.7 Å². The molecule has 57 heavy (non-hydrogen) atoms. The van der Waals surface area contributed by atoms with Gasteiger partial charge in [0.1, 0.15) is 0 Å². The summed E-state index contributed by atoms with van der Waals surface area (Å²) in [6.45, 7) is 2.30. The topological polar surface area (TPSA) is 8.17 Å². The molecule has 10 aromatic rings. The van der Waals surface area contributed by atoms with E-state index in [9.17, 15) is 0 Å². The fraction of sp³-hybridized carbons (Fsp3) is 0.0545. The smallest absolute Gasteiger partial charge is 0.0625 e. The summed E-state index contributed by atoms with van der Waals surface area (Å²) in [6, 6.07) is 71.4. The van der Waals surface area contributed by atoms with Gasteiger partial charge in [-0.1, -0.05) is 146 Å². The Bertz CT molecular complexity index is 3170. The highest BCUT2D eigenvalue weighted by Crippen LogP contribution is 2.45. The number of benzene rings is 9. The number of allylic oxidation sites excluding steroid dienone is 1. The van der Waals surface area contributed by atoms with Crippen LogP contribution in [0, 0.1) is 5.92 Å². The monoisotopic (exact) mass is 728 g/mol. The zero-order chi connectivity index (χ0) is 37.9. The molecule has 1 aromatic heterocycles. The molecule has 1 aliphatic rings. The third-order valence-corrected chi connectivity index (χ3v) is 11.8. The number of hydrogen-bond donors (Lipinski definition) is 0. The average molecular weight is 729 g/mol. The maximum Gasteiger partial charge on any atom is 0.0625 e. The van der Waals surface area contributed by atoms with Crippen LogP contribution >= 0.6 is 0 Å². The van der Waals surface area contributed by atoms with Crippen LogP contribution in [0.1, 0.15) is 18.1 Å². The van der Waals surface area contributed by atoms with Gasteiger partial charge in [-0.3, -0.25) is 0 Å². The predicted octanol–water partition coefficient (Wildman–Crippen LogP) is 15.1. The van der Waals surface area contributed by atoms with Gasteiger partial charge in [0.05, 0.1) is 11.0 Å². The van der Waals surface area contributed by atoms with Gasteiger partial charge in [0.25, 0.3) is 0 Å². The molecule has 0 N–H and O–H groups in total. The van der Waals surface area contributed by atoms with Crippen LogP contribution in [-0.4, -0.2) is 4.57 Å². The Hall–Kier alpha value is -7.16. The summed E-state index contributed by atoms with van der Waals surface area (Å²) >= 11 is 0. The molecule has 0 amide bonds. The van der Waals surface area contributed by atoms with E-state index in [0.717, 1.165) is 29.2 Å². The van der Waals surface area contributed by atoms with Crippen molar-refractivity contribution in [1.82, 2.24) is 4.57 Å². The van der Waals surface area contributed by atoms with Crippen molar-refractivity contribution in [2.45, 2.75) is 13.3 Å². The minimum Gasteiger partial charge on any atom is -0.310 e. The molecule has 1 atom stereocenters. The maximum atomic E-state index is 2.45. The molecule has 1 heterocycles. The minimum atomic E-state index is 0.513. The molecule has 11 rings (SSSR count). The Morgan fingerprint density at radius 1 is 0.491 bits per heavy atom. The van der Waals surface area contributed by atoms with Crippen LogP contribution in [0.25, 0.3) is 77.4 Å². The van der Waals surface area contributed by atoms with Crippen molar-refractivity contribution >= 4 is 66.5 Å². The molecule has 0 fully saturated rings. The van der Waals surface area contributed by atoms with Gasteiger partial charge in [0, 0.05) is 38.9 Å². The standard InChI is InChI=1S/C55H40N2/c1-37-22-23-40-28-31-49(35-45(40)32-37)56(47-29-26-39(27-30-47)42-25-24-38-12-5-6-13-41(38)33-42)48-18-11-15-43(34-48)52-36-44-14-7-8-19-50(44)55-54(52)51-20-9-10-21-53(51)57(55)46-16-3-2-4-17-46/h2-31,33-37H,32H2,1H3. The van der Waals surface area contributed by atoms with Crippen molar-refractivity contribution in [3.05, 3.63) is 211 Å². The first-order valence-electron chi connectivity index (χ1n) is 20.0. The second kappa shape index (κ2) is 13.5. The Morgan fingerprint density at radius 3 is 2.05 bits per heavy atom. The van der Waals surface area contributed by atoms with Gasteiger partial charge in [-0.2, -0.15) is 0 Å². The first-order valence-corrected chi connectivity index (χ1v) is 20.0. The summed E-state index contributed by atoms with van der Waals surface area (Å²) in [4.78, 5) is 2.43. The zero-order valence-corrected chi connectivity index (χ0v) is 31.8. The molecule has 2 nitrogen and oxygen atoms in total. The Labute approximate surface area is 333 Å². The number of para-hydroxylation sites is 2. The van der Waals surface area contributed by atoms with Gasteiger partial charge in [-0.15, -0.1) is 0 Å². The van der Waals surface area contributed by atoms with Crippen LogP contribution in [0.5, 0.6) is 0 Å². The van der Waals surface area contributed by atoms with E-state index in [0.29, 0.717) is 5.92 Å². The van der Waals surface area contributed by atoms with E-state index in [2.05, 4.69) is 223 Å². The van der Waals surface area contributed by atoms with Crippen LogP contribution in [0.15, 0.2) is 200 Å². The maximum absolute atomic E-state index is 2.45. The van der Waals surface area contributed by atoms with Gasteiger partial charge in [-0.25, -0.2) is 0 Å². The Kier molecular flexibility index (Phi) is 7.89. The summed E-state index contributed by atoms with van der Waals surface area (Å²) in [6.07, 6.45) is 5.65. The van der Waals surface area contributed by atoms with Crippen LogP contribution in [-0.2, 0) is 6.42 Å². The molecule has 0 radical (unpaired) electrons. The van der Waals surface area contributed by atoms with Crippen molar-refractivity contribution in [2.24, 2.45) is 5.92 Å². The van der Waals surface area contributed by atoms with Crippen molar-refractivity contribution in [2.75, 3.05) is 4.90 Å². The second-order valence-corrected chi connectivity index (χ2v) is 15.5. The Morgan fingerprint density at radius 2 is 1.19 bits per heavy atom. The van der Waals surface area contributed by atoms with E-state index in [1.807, 2.05) is 0 Å². The van der Waals surface area contributed by atoms with E-state index in [4.69, 9.17) is 0 Å². The summed E-state index contributed by atoms with van der Waals surface area (Å²) in [5.74, 6) is 0.513. The molecule has 1 unspecified atom stereocenters. The quantitative estimate of drug-likeness (QED) is 0.165. The SMILES string of the molecule is CC1C=Cc2ccc(N(c3ccc(-c4ccc5ccccc5c4)cc3)c3cccc(-c4cc5ccccc5c5c4c4ccccc4n5-c4ccccc4)c3)cc2C1. The second-order valence-electron chi connectivity index (χ2n) is 15.5. The molecule has 0 aliphatic heterocycles. The Balaban J connectivity index is 1.11. The van der Waals surface area contributed by atoms with Crippen LogP contribution in [0.4, 0.5) is 17.1 Å². The molecular weight excluding hydrogens is 689 g/mol. The van der Waals surface area contributed by atoms with Gasteiger partial charge >= 0.3 is 0 Å². The lowest BCUT2D eigenvalue weighted by atomic mass is 9.90. The molecule has 1 aliphatic carbocycles. The molecule has 0 saturated heterocycles. The highest BCUT2D eigenvalue weighted by atomic mass is 15.1. The fourth-order valence-corrected chi connectivity index (χ4v) is 9.09. The average Bonchev–Trinajstić information content (AvgIpc) is 3.62. The number of anilines is 3. The van der Waals surface area contributed by atoms with E-state index < -0.39 is 0 Å². The lowest BCUT2D eigenvalue weighted by Gasteiger charge is -2.28. The summed E-state index contributed by atoms with van der Waals surface area (Å²) in [7, 11) is 0.